The van der Waals surface area contributed by atoms with Crippen molar-refractivity contribution in [3.8, 4) is 5.75 Å². The Morgan fingerprint density at radius 3 is 2.52 bits per heavy atom. The summed E-state index contributed by atoms with van der Waals surface area (Å²) in [6.07, 6.45) is 1.21. The lowest BCUT2D eigenvalue weighted by Crippen LogP contribution is -2.53. The molecule has 1 fully saturated rings. The number of ether oxygens (including phenoxy) is 1. The smallest absolute Gasteiger partial charge is 0.265 e. The van der Waals surface area contributed by atoms with Gasteiger partial charge in [0.2, 0.25) is 0 Å². The van der Waals surface area contributed by atoms with Crippen molar-refractivity contribution in [2.24, 2.45) is 5.92 Å². The number of benzene rings is 2. The molecule has 1 saturated heterocycles. The van der Waals surface area contributed by atoms with Gasteiger partial charge in [-0.25, -0.2) is 8.42 Å². The molecule has 2 aliphatic rings. The van der Waals surface area contributed by atoms with Gasteiger partial charge in [0.15, 0.2) is 6.10 Å². The second kappa shape index (κ2) is 7.71. The molecule has 0 saturated carbocycles. The molecule has 7 heteroatoms. The van der Waals surface area contributed by atoms with Gasteiger partial charge in [-0.2, -0.15) is 0 Å². The maximum Gasteiger partial charge on any atom is 0.265 e. The van der Waals surface area contributed by atoms with Crippen molar-refractivity contribution in [1.29, 1.82) is 0 Å². The highest BCUT2D eigenvalue weighted by molar-refractivity contribution is 7.92. The Bertz CT molecular complexity index is 1000. The summed E-state index contributed by atoms with van der Waals surface area (Å²) in [6, 6.07) is 13.7. The van der Waals surface area contributed by atoms with Crippen LogP contribution in [0.15, 0.2) is 53.4 Å². The lowest BCUT2D eigenvalue weighted by atomic mass is 10.00. The van der Waals surface area contributed by atoms with Gasteiger partial charge in [0.25, 0.3) is 15.9 Å². The van der Waals surface area contributed by atoms with Gasteiger partial charge in [0.05, 0.1) is 17.1 Å². The highest BCUT2D eigenvalue weighted by Gasteiger charge is 2.39. The van der Waals surface area contributed by atoms with E-state index >= 15 is 0 Å². The summed E-state index contributed by atoms with van der Waals surface area (Å²) in [7, 11) is -3.82. The summed E-state index contributed by atoms with van der Waals surface area (Å²) >= 11 is 0. The Kier molecular flexibility index (Phi) is 5.25. The molecule has 0 aliphatic carbocycles. The summed E-state index contributed by atoms with van der Waals surface area (Å²) in [4.78, 5) is 15.2. The molecule has 0 unspecified atom stereocenters. The molecule has 29 heavy (non-hydrogen) atoms. The first-order valence-electron chi connectivity index (χ1n) is 10.00. The molecule has 0 spiro atoms. The lowest BCUT2D eigenvalue weighted by molar-refractivity contribution is -0.140. The molecule has 4 rings (SSSR count). The number of aryl methyl sites for hydroxylation is 1. The molecule has 6 nitrogen and oxygen atoms in total. The lowest BCUT2D eigenvalue weighted by Gasteiger charge is -2.38. The van der Waals surface area contributed by atoms with Crippen LogP contribution in [0.25, 0.3) is 0 Å². The van der Waals surface area contributed by atoms with Gasteiger partial charge in [-0.05, 0) is 49.9 Å². The fourth-order valence-corrected chi connectivity index (χ4v) is 5.47. The van der Waals surface area contributed by atoms with E-state index in [1.165, 1.54) is 4.31 Å². The van der Waals surface area contributed by atoms with E-state index in [1.807, 2.05) is 11.8 Å². The number of piperidine rings is 1. The fraction of sp³-hybridized carbons (Fsp3) is 0.409. The molecule has 154 valence electrons. The van der Waals surface area contributed by atoms with E-state index in [0.29, 0.717) is 30.4 Å². The zero-order valence-corrected chi connectivity index (χ0v) is 17.6. The van der Waals surface area contributed by atoms with Gasteiger partial charge in [-0.1, -0.05) is 36.8 Å². The third kappa shape index (κ3) is 3.83. The van der Waals surface area contributed by atoms with E-state index in [4.69, 9.17) is 4.74 Å². The Hall–Kier alpha value is -2.54. The van der Waals surface area contributed by atoms with Gasteiger partial charge in [-0.3, -0.25) is 9.10 Å². The number of carbonyl (C=O) groups is 1. The summed E-state index contributed by atoms with van der Waals surface area (Å²) in [5.41, 5.74) is 1.45. The Labute approximate surface area is 172 Å². The molecule has 2 heterocycles. The molecule has 1 amide bonds. The van der Waals surface area contributed by atoms with Crippen LogP contribution in [0.2, 0.25) is 0 Å². The molecule has 2 aromatic rings. The molecule has 0 aromatic heterocycles. The van der Waals surface area contributed by atoms with Crippen LogP contribution in [-0.2, 0) is 14.8 Å². The maximum absolute atomic E-state index is 13.4. The second-order valence-electron chi connectivity index (χ2n) is 7.96. The van der Waals surface area contributed by atoms with E-state index in [9.17, 15) is 13.2 Å². The minimum atomic E-state index is -3.82. The van der Waals surface area contributed by atoms with Gasteiger partial charge in [-0.15, -0.1) is 0 Å². The van der Waals surface area contributed by atoms with Gasteiger partial charge in [0, 0.05) is 13.1 Å². The molecular weight excluding hydrogens is 388 g/mol. The zero-order chi connectivity index (χ0) is 20.6. The number of hydrogen-bond acceptors (Lipinski definition) is 4. The maximum atomic E-state index is 13.4. The Balaban J connectivity index is 1.68. The van der Waals surface area contributed by atoms with Gasteiger partial charge < -0.3 is 9.64 Å². The largest absolute Gasteiger partial charge is 0.476 e. The van der Waals surface area contributed by atoms with Gasteiger partial charge >= 0.3 is 0 Å². The van der Waals surface area contributed by atoms with E-state index in [0.717, 1.165) is 18.4 Å². The average Bonchev–Trinajstić information content (AvgIpc) is 2.72. The first-order valence-corrected chi connectivity index (χ1v) is 11.4. The number of likely N-dealkylation sites (tertiary alicyclic amines) is 1. The van der Waals surface area contributed by atoms with Crippen molar-refractivity contribution in [2.45, 2.75) is 37.7 Å². The Morgan fingerprint density at radius 1 is 1.07 bits per heavy atom. The van der Waals surface area contributed by atoms with Crippen molar-refractivity contribution in [3.63, 3.8) is 0 Å². The normalized spacial score (nSPS) is 22.0. The summed E-state index contributed by atoms with van der Waals surface area (Å²) in [5, 5.41) is 0. The number of sulfonamides is 1. The van der Waals surface area contributed by atoms with Gasteiger partial charge in [0.1, 0.15) is 5.75 Å². The highest BCUT2D eigenvalue weighted by atomic mass is 32.2. The number of para-hydroxylation sites is 2. The van der Waals surface area contributed by atoms with E-state index in [2.05, 4.69) is 6.92 Å². The third-order valence-corrected chi connectivity index (χ3v) is 7.38. The minimum Gasteiger partial charge on any atom is -0.476 e. The quantitative estimate of drug-likeness (QED) is 0.774. The number of amides is 1. The molecule has 0 N–H and O–H groups in total. The van der Waals surface area contributed by atoms with Crippen LogP contribution in [-0.4, -0.2) is 45.0 Å². The Morgan fingerprint density at radius 2 is 1.79 bits per heavy atom. The monoisotopic (exact) mass is 414 g/mol. The highest BCUT2D eigenvalue weighted by Crippen LogP contribution is 2.37. The third-order valence-electron chi connectivity index (χ3n) is 5.59. The zero-order valence-electron chi connectivity index (χ0n) is 16.7. The molecular formula is C22H26N2O4S. The van der Waals surface area contributed by atoms with Crippen LogP contribution >= 0.6 is 0 Å². The molecule has 2 aliphatic heterocycles. The number of nitrogens with zero attached hydrogens (tertiary/aromatic N) is 2. The van der Waals surface area contributed by atoms with Crippen LogP contribution in [0, 0.1) is 12.8 Å². The molecule has 0 radical (unpaired) electrons. The van der Waals surface area contributed by atoms with E-state index in [1.54, 1.807) is 48.5 Å². The SMILES string of the molecule is Cc1ccc(S(=O)(=O)N2C[C@@H](C(=O)N3CCC[C@H](C)C3)Oc3ccccc32)cc1. The predicted octanol–water partition coefficient (Wildman–Crippen LogP) is 3.21. The summed E-state index contributed by atoms with van der Waals surface area (Å²) in [6.45, 7) is 5.39. The minimum absolute atomic E-state index is 0.0308. The van der Waals surface area contributed by atoms with E-state index < -0.39 is 16.1 Å². The average molecular weight is 415 g/mol. The number of fused-ring (bicyclic) bond motifs is 1. The van der Waals surface area contributed by atoms with E-state index in [-0.39, 0.29) is 17.3 Å². The number of anilines is 1. The van der Waals surface area contributed by atoms with Crippen molar-refractivity contribution in [1.82, 2.24) is 4.90 Å². The first kappa shape index (κ1) is 19.8. The van der Waals surface area contributed by atoms with Crippen LogP contribution in [0.1, 0.15) is 25.3 Å². The topological polar surface area (TPSA) is 66.9 Å². The van der Waals surface area contributed by atoms with Crippen molar-refractivity contribution in [2.75, 3.05) is 23.9 Å². The number of carbonyl (C=O) groups excluding carboxylic acids is 1. The summed E-state index contributed by atoms with van der Waals surface area (Å²) < 4.78 is 34.1. The van der Waals surface area contributed by atoms with Crippen LogP contribution in [0.3, 0.4) is 0 Å². The second-order valence-corrected chi connectivity index (χ2v) is 9.82. The predicted molar refractivity (Wildman–Crippen MR) is 112 cm³/mol. The van der Waals surface area contributed by atoms with Crippen molar-refractivity contribution < 1.29 is 17.9 Å². The van der Waals surface area contributed by atoms with Crippen LogP contribution in [0.5, 0.6) is 5.75 Å². The molecule has 2 aromatic carbocycles. The van der Waals surface area contributed by atoms with Crippen LogP contribution in [0.4, 0.5) is 5.69 Å². The van der Waals surface area contributed by atoms with Crippen molar-refractivity contribution >= 4 is 21.6 Å². The molecule has 0 bridgehead atoms. The number of rotatable bonds is 3. The molecule has 2 atom stereocenters. The van der Waals surface area contributed by atoms with Crippen molar-refractivity contribution in [3.05, 3.63) is 54.1 Å². The summed E-state index contributed by atoms with van der Waals surface area (Å²) in [5.74, 6) is 0.712. The number of hydrogen-bond donors (Lipinski definition) is 0. The first-order chi connectivity index (χ1) is 13.9. The van der Waals surface area contributed by atoms with Crippen LogP contribution < -0.4 is 9.04 Å². The fourth-order valence-electron chi connectivity index (χ4n) is 3.99. The standard InChI is InChI=1S/C22H26N2O4S/c1-16-9-11-18(12-10-16)29(26,27)24-15-21(28-20-8-4-3-7-19(20)24)22(25)23-13-5-6-17(2)14-23/h3-4,7-12,17,21H,5-6,13-15H2,1-2H3/t17-,21-/m0/s1.